The average Bonchev–Trinajstić information content (AvgIpc) is 3.07. The molecular weight excluding hydrogens is 338 g/mol. The SMILES string of the molecule is CC.CC.CC.CC(=O)O.CCCS(=O)(=O)c1ccc2cc[nH]c2c1. The minimum Gasteiger partial charge on any atom is -0.481 e. The maximum absolute atomic E-state index is 11.8. The first-order valence-corrected chi connectivity index (χ1v) is 10.5. The summed E-state index contributed by atoms with van der Waals surface area (Å²) in [6, 6.07) is 7.11. The average molecular weight is 374 g/mol. The minimum absolute atomic E-state index is 0.208. The van der Waals surface area contributed by atoms with E-state index in [1.54, 1.807) is 18.3 Å². The molecule has 0 saturated carbocycles. The Kier molecular flexibility index (Phi) is 19.1. The fraction of sp³-hybridized carbons (Fsp3) is 0.526. The van der Waals surface area contributed by atoms with Gasteiger partial charge in [-0.25, -0.2) is 8.42 Å². The van der Waals surface area contributed by atoms with Crippen molar-refractivity contribution in [3.63, 3.8) is 0 Å². The number of fused-ring (bicyclic) bond motifs is 1. The van der Waals surface area contributed by atoms with Gasteiger partial charge in [0.1, 0.15) is 0 Å². The van der Waals surface area contributed by atoms with Crippen molar-refractivity contribution in [1.82, 2.24) is 4.98 Å². The Morgan fingerprint density at radius 3 is 1.96 bits per heavy atom. The summed E-state index contributed by atoms with van der Waals surface area (Å²) in [6.07, 6.45) is 2.45. The number of nitrogens with one attached hydrogen (secondary N) is 1. The Hall–Kier alpha value is -1.82. The molecule has 2 rings (SSSR count). The second-order valence-electron chi connectivity index (χ2n) is 4.06. The van der Waals surface area contributed by atoms with E-state index < -0.39 is 15.8 Å². The van der Waals surface area contributed by atoms with E-state index in [4.69, 9.17) is 9.90 Å². The van der Waals surface area contributed by atoms with Crippen LogP contribution in [0.4, 0.5) is 0 Å². The van der Waals surface area contributed by atoms with Gasteiger partial charge in [0, 0.05) is 18.6 Å². The number of aromatic nitrogens is 1. The zero-order chi connectivity index (χ0) is 20.5. The van der Waals surface area contributed by atoms with Gasteiger partial charge in [-0.1, -0.05) is 54.5 Å². The summed E-state index contributed by atoms with van der Waals surface area (Å²) in [5.74, 6) is -0.626. The highest BCUT2D eigenvalue weighted by Gasteiger charge is 2.13. The summed E-state index contributed by atoms with van der Waals surface area (Å²) in [4.78, 5) is 12.4. The molecule has 2 aromatic rings. The molecule has 2 N–H and O–H groups in total. The standard InChI is InChI=1S/C11H13NO2S.C2H4O2.3C2H6/c1-2-7-15(13,14)10-4-3-9-5-6-12-11(9)8-10;1-2(3)4;3*1-2/h3-6,8,12H,2,7H2,1H3;1H3,(H,3,4);3*1-2H3. The van der Waals surface area contributed by atoms with Gasteiger partial charge in [-0.15, -0.1) is 0 Å². The van der Waals surface area contributed by atoms with Gasteiger partial charge in [-0.2, -0.15) is 0 Å². The number of sulfone groups is 1. The first-order valence-electron chi connectivity index (χ1n) is 8.86. The molecule has 1 heterocycles. The molecule has 0 amide bonds. The normalized spacial score (nSPS) is 8.96. The fourth-order valence-electron chi connectivity index (χ4n) is 1.61. The van der Waals surface area contributed by atoms with E-state index in [0.717, 1.165) is 17.8 Å². The predicted molar refractivity (Wildman–Crippen MR) is 108 cm³/mol. The van der Waals surface area contributed by atoms with Gasteiger partial charge in [-0.05, 0) is 30.0 Å². The van der Waals surface area contributed by atoms with Crippen molar-refractivity contribution in [2.24, 2.45) is 0 Å². The van der Waals surface area contributed by atoms with Crippen molar-refractivity contribution in [3.8, 4) is 0 Å². The van der Waals surface area contributed by atoms with Crippen LogP contribution in [0.25, 0.3) is 10.9 Å². The lowest BCUT2D eigenvalue weighted by Crippen LogP contribution is -2.05. The van der Waals surface area contributed by atoms with Crippen LogP contribution in [0, 0.1) is 0 Å². The van der Waals surface area contributed by atoms with Crippen LogP contribution in [0.15, 0.2) is 35.4 Å². The largest absolute Gasteiger partial charge is 0.481 e. The molecule has 0 fully saturated rings. The maximum Gasteiger partial charge on any atom is 0.300 e. The van der Waals surface area contributed by atoms with Crippen LogP contribution in [0.2, 0.25) is 0 Å². The van der Waals surface area contributed by atoms with E-state index in [-0.39, 0.29) is 5.75 Å². The number of rotatable bonds is 3. The van der Waals surface area contributed by atoms with Crippen LogP contribution in [0.5, 0.6) is 0 Å². The number of H-pyrrole nitrogens is 1. The highest BCUT2D eigenvalue weighted by atomic mass is 32.2. The Bertz CT molecular complexity index is 657. The first-order chi connectivity index (χ1) is 11.9. The minimum atomic E-state index is -3.10. The van der Waals surface area contributed by atoms with Crippen LogP contribution < -0.4 is 0 Å². The first kappa shape index (κ1) is 28.0. The highest BCUT2D eigenvalue weighted by molar-refractivity contribution is 7.91. The van der Waals surface area contributed by atoms with Gasteiger partial charge < -0.3 is 10.1 Å². The third kappa shape index (κ3) is 12.2. The fourth-order valence-corrected chi connectivity index (χ4v) is 2.95. The Balaban J connectivity index is -0.000000412. The number of hydrogen-bond acceptors (Lipinski definition) is 3. The zero-order valence-corrected chi connectivity index (χ0v) is 17.7. The Labute approximate surface area is 153 Å². The molecular formula is C19H35NO4S. The number of carboxylic acid groups (broad SMARTS) is 1. The smallest absolute Gasteiger partial charge is 0.300 e. The second kappa shape index (κ2) is 17.0. The topological polar surface area (TPSA) is 87.2 Å². The summed E-state index contributed by atoms with van der Waals surface area (Å²) in [5, 5.41) is 8.45. The van der Waals surface area contributed by atoms with Crippen molar-refractivity contribution >= 4 is 26.7 Å². The van der Waals surface area contributed by atoms with Crippen LogP contribution in [-0.4, -0.2) is 30.2 Å². The molecule has 0 saturated heterocycles. The lowest BCUT2D eigenvalue weighted by Gasteiger charge is -2.02. The van der Waals surface area contributed by atoms with E-state index in [9.17, 15) is 8.42 Å². The maximum atomic E-state index is 11.8. The molecule has 25 heavy (non-hydrogen) atoms. The van der Waals surface area contributed by atoms with Crippen LogP contribution in [-0.2, 0) is 14.6 Å². The zero-order valence-electron chi connectivity index (χ0n) is 16.9. The summed E-state index contributed by atoms with van der Waals surface area (Å²) in [6.45, 7) is 14.9. The predicted octanol–water partition coefficient (Wildman–Crippen LogP) is 5.52. The molecule has 0 aliphatic rings. The van der Waals surface area contributed by atoms with E-state index in [1.165, 1.54) is 0 Å². The molecule has 0 unspecified atom stereocenters. The van der Waals surface area contributed by atoms with Gasteiger partial charge >= 0.3 is 0 Å². The third-order valence-electron chi connectivity index (χ3n) is 2.36. The number of carboxylic acids is 1. The molecule has 0 spiro atoms. The molecule has 0 aliphatic carbocycles. The van der Waals surface area contributed by atoms with Crippen molar-refractivity contribution in [2.45, 2.75) is 66.7 Å². The molecule has 5 nitrogen and oxygen atoms in total. The van der Waals surface area contributed by atoms with Crippen molar-refractivity contribution < 1.29 is 18.3 Å². The van der Waals surface area contributed by atoms with Crippen molar-refractivity contribution in [2.75, 3.05) is 5.75 Å². The van der Waals surface area contributed by atoms with E-state index in [1.807, 2.05) is 60.6 Å². The van der Waals surface area contributed by atoms with Crippen LogP contribution in [0.1, 0.15) is 61.8 Å². The van der Waals surface area contributed by atoms with Gasteiger partial charge in [-0.3, -0.25) is 4.79 Å². The monoisotopic (exact) mass is 373 g/mol. The number of aromatic amines is 1. The Morgan fingerprint density at radius 2 is 1.52 bits per heavy atom. The van der Waals surface area contributed by atoms with Crippen LogP contribution >= 0.6 is 0 Å². The van der Waals surface area contributed by atoms with E-state index in [0.29, 0.717) is 11.3 Å². The van der Waals surface area contributed by atoms with Crippen molar-refractivity contribution in [1.29, 1.82) is 0 Å². The number of carbonyl (C=O) groups is 1. The van der Waals surface area contributed by atoms with Crippen LogP contribution in [0.3, 0.4) is 0 Å². The number of benzene rings is 1. The summed E-state index contributed by atoms with van der Waals surface area (Å²) in [7, 11) is -3.10. The highest BCUT2D eigenvalue weighted by Crippen LogP contribution is 2.19. The Morgan fingerprint density at radius 1 is 1.04 bits per heavy atom. The second-order valence-corrected chi connectivity index (χ2v) is 6.17. The molecule has 0 aliphatic heterocycles. The molecule has 0 radical (unpaired) electrons. The summed E-state index contributed by atoms with van der Waals surface area (Å²) < 4.78 is 23.6. The van der Waals surface area contributed by atoms with E-state index >= 15 is 0 Å². The van der Waals surface area contributed by atoms with Gasteiger partial charge in [0.05, 0.1) is 10.6 Å². The molecule has 1 aromatic carbocycles. The van der Waals surface area contributed by atoms with E-state index in [2.05, 4.69) is 4.98 Å². The molecule has 0 bridgehead atoms. The number of hydrogen-bond donors (Lipinski definition) is 2. The van der Waals surface area contributed by atoms with Gasteiger partial charge in [0.25, 0.3) is 5.97 Å². The number of aliphatic carboxylic acids is 1. The summed E-state index contributed by atoms with van der Waals surface area (Å²) >= 11 is 0. The molecule has 6 heteroatoms. The molecule has 0 atom stereocenters. The van der Waals surface area contributed by atoms with Crippen molar-refractivity contribution in [3.05, 3.63) is 30.5 Å². The van der Waals surface area contributed by atoms with Gasteiger partial charge in [0.15, 0.2) is 9.84 Å². The lowest BCUT2D eigenvalue weighted by molar-refractivity contribution is -0.134. The summed E-state index contributed by atoms with van der Waals surface area (Å²) in [5.41, 5.74) is 0.868. The molecule has 1 aromatic heterocycles. The lowest BCUT2D eigenvalue weighted by atomic mass is 10.2. The third-order valence-corrected chi connectivity index (χ3v) is 4.28. The quantitative estimate of drug-likeness (QED) is 0.741. The van der Waals surface area contributed by atoms with Gasteiger partial charge in [0.2, 0.25) is 0 Å². The molecule has 146 valence electrons.